The second-order valence-electron chi connectivity index (χ2n) is 6.26. The van der Waals surface area contributed by atoms with Crippen LogP contribution in [0.15, 0.2) is 48.5 Å². The second kappa shape index (κ2) is 8.03. The van der Waals surface area contributed by atoms with Crippen LogP contribution in [0, 0.1) is 0 Å². The minimum atomic E-state index is 0.0838. The fourth-order valence-corrected chi connectivity index (χ4v) is 3.18. The molecule has 25 heavy (non-hydrogen) atoms. The third kappa shape index (κ3) is 4.12. The lowest BCUT2D eigenvalue weighted by atomic mass is 10.0. The number of likely N-dealkylation sites (tertiary alicyclic amines) is 1. The SMILES string of the molecule is CNC1CCN(C(=O)c2ccccc2Nc2cccc(OC)c2)CC1. The Hall–Kier alpha value is -2.53. The Morgan fingerprint density at radius 3 is 2.60 bits per heavy atom. The van der Waals surface area contributed by atoms with E-state index in [2.05, 4.69) is 10.6 Å². The zero-order chi connectivity index (χ0) is 17.6. The Morgan fingerprint density at radius 1 is 1.12 bits per heavy atom. The molecule has 0 atom stereocenters. The van der Waals surface area contributed by atoms with Crippen LogP contribution < -0.4 is 15.4 Å². The summed E-state index contributed by atoms with van der Waals surface area (Å²) in [7, 11) is 3.63. The molecule has 0 bridgehead atoms. The van der Waals surface area contributed by atoms with E-state index in [-0.39, 0.29) is 5.91 Å². The van der Waals surface area contributed by atoms with Gasteiger partial charge in [-0.05, 0) is 44.2 Å². The lowest BCUT2D eigenvalue weighted by molar-refractivity contribution is 0.0708. The molecule has 5 nitrogen and oxygen atoms in total. The van der Waals surface area contributed by atoms with Crippen molar-refractivity contribution >= 4 is 17.3 Å². The van der Waals surface area contributed by atoms with Gasteiger partial charge in [-0.1, -0.05) is 18.2 Å². The molecule has 1 fully saturated rings. The van der Waals surface area contributed by atoms with Gasteiger partial charge in [-0.25, -0.2) is 0 Å². The molecule has 1 saturated heterocycles. The van der Waals surface area contributed by atoms with E-state index in [1.165, 1.54) is 0 Å². The first-order chi connectivity index (χ1) is 12.2. The molecule has 2 aromatic carbocycles. The number of methoxy groups -OCH3 is 1. The van der Waals surface area contributed by atoms with Crippen molar-refractivity contribution < 1.29 is 9.53 Å². The van der Waals surface area contributed by atoms with E-state index in [4.69, 9.17) is 4.74 Å². The summed E-state index contributed by atoms with van der Waals surface area (Å²) in [4.78, 5) is 14.9. The molecule has 3 rings (SSSR count). The maximum atomic E-state index is 13.0. The largest absolute Gasteiger partial charge is 0.497 e. The van der Waals surface area contributed by atoms with Crippen molar-refractivity contribution in [1.29, 1.82) is 0 Å². The van der Waals surface area contributed by atoms with E-state index in [1.807, 2.05) is 60.5 Å². The molecule has 0 saturated carbocycles. The minimum Gasteiger partial charge on any atom is -0.497 e. The molecule has 132 valence electrons. The van der Waals surface area contributed by atoms with Crippen LogP contribution >= 0.6 is 0 Å². The number of rotatable bonds is 5. The van der Waals surface area contributed by atoms with Crippen LogP contribution in [0.2, 0.25) is 0 Å². The molecule has 1 amide bonds. The predicted octanol–water partition coefficient (Wildman–Crippen LogP) is 3.26. The van der Waals surface area contributed by atoms with E-state index in [0.717, 1.165) is 43.1 Å². The number of carbonyl (C=O) groups excluding carboxylic acids is 1. The fourth-order valence-electron chi connectivity index (χ4n) is 3.18. The summed E-state index contributed by atoms with van der Waals surface area (Å²) < 4.78 is 5.26. The van der Waals surface area contributed by atoms with E-state index < -0.39 is 0 Å². The third-order valence-corrected chi connectivity index (χ3v) is 4.70. The van der Waals surface area contributed by atoms with E-state index in [0.29, 0.717) is 11.6 Å². The Labute approximate surface area is 149 Å². The quantitative estimate of drug-likeness (QED) is 0.878. The van der Waals surface area contributed by atoms with Gasteiger partial charge >= 0.3 is 0 Å². The molecule has 5 heteroatoms. The van der Waals surface area contributed by atoms with E-state index >= 15 is 0 Å². The number of hydrogen-bond acceptors (Lipinski definition) is 4. The van der Waals surface area contributed by atoms with Crippen molar-refractivity contribution in [2.24, 2.45) is 0 Å². The molecule has 0 aliphatic carbocycles. The van der Waals surface area contributed by atoms with Crippen molar-refractivity contribution in [2.45, 2.75) is 18.9 Å². The average molecular weight is 339 g/mol. The van der Waals surface area contributed by atoms with Gasteiger partial charge in [0.25, 0.3) is 5.91 Å². The highest BCUT2D eigenvalue weighted by Gasteiger charge is 2.24. The van der Waals surface area contributed by atoms with Crippen LogP contribution in [-0.4, -0.2) is 44.1 Å². The maximum Gasteiger partial charge on any atom is 0.255 e. The van der Waals surface area contributed by atoms with Crippen molar-refractivity contribution in [3.8, 4) is 5.75 Å². The van der Waals surface area contributed by atoms with Gasteiger partial charge in [0.2, 0.25) is 0 Å². The molecule has 2 aromatic rings. The summed E-state index contributed by atoms with van der Waals surface area (Å²) >= 11 is 0. The Bertz CT molecular complexity index is 724. The number of nitrogens with one attached hydrogen (secondary N) is 2. The number of nitrogens with zero attached hydrogens (tertiary/aromatic N) is 1. The molecule has 0 aromatic heterocycles. The van der Waals surface area contributed by atoms with Gasteiger partial charge in [0, 0.05) is 30.9 Å². The van der Waals surface area contributed by atoms with Gasteiger partial charge in [-0.2, -0.15) is 0 Å². The highest BCUT2D eigenvalue weighted by atomic mass is 16.5. The van der Waals surface area contributed by atoms with Crippen molar-refractivity contribution in [2.75, 3.05) is 32.6 Å². The lowest BCUT2D eigenvalue weighted by Gasteiger charge is -2.32. The minimum absolute atomic E-state index is 0.0838. The first-order valence-corrected chi connectivity index (χ1v) is 8.68. The predicted molar refractivity (Wildman–Crippen MR) is 101 cm³/mol. The molecule has 1 heterocycles. The van der Waals surface area contributed by atoms with Crippen molar-refractivity contribution in [3.63, 3.8) is 0 Å². The highest BCUT2D eigenvalue weighted by Crippen LogP contribution is 2.25. The van der Waals surface area contributed by atoms with Crippen LogP contribution in [-0.2, 0) is 0 Å². The summed E-state index contributed by atoms with van der Waals surface area (Å²) in [5, 5.41) is 6.64. The van der Waals surface area contributed by atoms with Gasteiger partial charge in [-0.15, -0.1) is 0 Å². The molecule has 0 radical (unpaired) electrons. The van der Waals surface area contributed by atoms with Crippen LogP contribution in [0.5, 0.6) is 5.75 Å². The Balaban J connectivity index is 1.77. The third-order valence-electron chi connectivity index (χ3n) is 4.70. The molecular weight excluding hydrogens is 314 g/mol. The average Bonchev–Trinajstić information content (AvgIpc) is 2.68. The summed E-state index contributed by atoms with van der Waals surface area (Å²) in [6.45, 7) is 1.58. The highest BCUT2D eigenvalue weighted by molar-refractivity contribution is 6.00. The van der Waals surface area contributed by atoms with Gasteiger partial charge in [-0.3, -0.25) is 4.79 Å². The van der Waals surface area contributed by atoms with Gasteiger partial charge in [0.1, 0.15) is 5.75 Å². The standard InChI is InChI=1S/C20H25N3O2/c1-21-15-10-12-23(13-11-15)20(24)18-8-3-4-9-19(18)22-16-6-5-7-17(14-16)25-2/h3-9,14-15,21-22H,10-13H2,1-2H3. The summed E-state index contributed by atoms with van der Waals surface area (Å²) in [6, 6.07) is 15.9. The van der Waals surface area contributed by atoms with Crippen LogP contribution in [0.4, 0.5) is 11.4 Å². The summed E-state index contributed by atoms with van der Waals surface area (Å²) in [5.41, 5.74) is 2.42. The van der Waals surface area contributed by atoms with Crippen molar-refractivity contribution in [1.82, 2.24) is 10.2 Å². The number of anilines is 2. The number of carbonyl (C=O) groups is 1. The number of hydrogen-bond donors (Lipinski definition) is 2. The zero-order valence-electron chi connectivity index (χ0n) is 14.8. The van der Waals surface area contributed by atoms with Gasteiger partial charge in [0.15, 0.2) is 0 Å². The number of para-hydroxylation sites is 1. The van der Waals surface area contributed by atoms with Gasteiger partial charge < -0.3 is 20.3 Å². The van der Waals surface area contributed by atoms with Crippen LogP contribution in [0.1, 0.15) is 23.2 Å². The first kappa shape index (κ1) is 17.3. The molecule has 2 N–H and O–H groups in total. The normalized spacial score (nSPS) is 15.0. The van der Waals surface area contributed by atoms with E-state index in [1.54, 1.807) is 7.11 Å². The zero-order valence-corrected chi connectivity index (χ0v) is 14.8. The fraction of sp³-hybridized carbons (Fsp3) is 0.350. The van der Waals surface area contributed by atoms with Crippen LogP contribution in [0.3, 0.4) is 0 Å². The monoisotopic (exact) mass is 339 g/mol. The number of benzene rings is 2. The second-order valence-corrected chi connectivity index (χ2v) is 6.26. The van der Waals surface area contributed by atoms with Crippen LogP contribution in [0.25, 0.3) is 0 Å². The number of piperidine rings is 1. The van der Waals surface area contributed by atoms with E-state index in [9.17, 15) is 4.79 Å². The smallest absolute Gasteiger partial charge is 0.255 e. The Kier molecular flexibility index (Phi) is 5.56. The molecule has 0 unspecified atom stereocenters. The molecular formula is C20H25N3O2. The molecule has 1 aliphatic rings. The maximum absolute atomic E-state index is 13.0. The molecule has 1 aliphatic heterocycles. The topological polar surface area (TPSA) is 53.6 Å². The molecule has 0 spiro atoms. The number of ether oxygens (including phenoxy) is 1. The Morgan fingerprint density at radius 2 is 1.88 bits per heavy atom. The first-order valence-electron chi connectivity index (χ1n) is 8.68. The lowest BCUT2D eigenvalue weighted by Crippen LogP contribution is -2.44. The summed E-state index contributed by atoms with van der Waals surface area (Å²) in [6.07, 6.45) is 1.99. The summed E-state index contributed by atoms with van der Waals surface area (Å²) in [5.74, 6) is 0.864. The van der Waals surface area contributed by atoms with Gasteiger partial charge in [0.05, 0.1) is 18.4 Å². The number of amides is 1. The van der Waals surface area contributed by atoms with Crippen molar-refractivity contribution in [3.05, 3.63) is 54.1 Å².